The van der Waals surface area contributed by atoms with E-state index in [4.69, 9.17) is 0 Å². The molecule has 0 bridgehead atoms. The highest BCUT2D eigenvalue weighted by Crippen LogP contribution is 2.42. The normalized spacial score (nSPS) is 11.2. The van der Waals surface area contributed by atoms with Gasteiger partial charge >= 0.3 is 0 Å². The fourth-order valence-electron chi connectivity index (χ4n) is 10.5. The molecule has 0 fully saturated rings. The summed E-state index contributed by atoms with van der Waals surface area (Å²) < 4.78 is 0. The summed E-state index contributed by atoms with van der Waals surface area (Å²) in [6.45, 7) is 13.2. The van der Waals surface area contributed by atoms with Crippen molar-refractivity contribution in [3.63, 3.8) is 0 Å². The van der Waals surface area contributed by atoms with E-state index < -0.39 is 0 Å². The van der Waals surface area contributed by atoms with E-state index in [2.05, 4.69) is 293 Å². The molecule has 10 aromatic rings. The van der Waals surface area contributed by atoms with Crippen LogP contribution >= 0.6 is 0 Å². The first-order valence-corrected chi connectivity index (χ1v) is 28.6. The average molecular weight is 1020 g/mol. The fraction of sp³-hybridized carbons (Fsp3) is 0.200. The fourth-order valence-corrected chi connectivity index (χ4v) is 10.5. The third-order valence-corrected chi connectivity index (χ3v) is 15.2. The molecule has 0 amide bonds. The largest absolute Gasteiger partial charge is 0.311 e. The third kappa shape index (κ3) is 12.7. The van der Waals surface area contributed by atoms with E-state index in [9.17, 15) is 0 Å². The lowest BCUT2D eigenvalue weighted by molar-refractivity contribution is 0.795. The van der Waals surface area contributed by atoms with Crippen LogP contribution in [0.3, 0.4) is 0 Å². The van der Waals surface area contributed by atoms with Gasteiger partial charge in [0, 0.05) is 51.2 Å². The Labute approximate surface area is 466 Å². The van der Waals surface area contributed by atoms with Crippen molar-refractivity contribution in [2.45, 2.75) is 99.3 Å². The molecule has 3 nitrogen and oxygen atoms in total. The van der Waals surface area contributed by atoms with Gasteiger partial charge in [0.15, 0.2) is 0 Å². The zero-order valence-electron chi connectivity index (χ0n) is 46.7. The highest BCUT2D eigenvalue weighted by molar-refractivity contribution is 5.86. The van der Waals surface area contributed by atoms with Gasteiger partial charge in [0.05, 0.1) is 0 Å². The molecular weight excluding hydrogens is 943 g/mol. The first kappa shape index (κ1) is 53.0. The van der Waals surface area contributed by atoms with Gasteiger partial charge in [-0.25, -0.2) is 0 Å². The van der Waals surface area contributed by atoms with E-state index in [1.165, 1.54) is 88.6 Å². The Balaban J connectivity index is 1.04. The van der Waals surface area contributed by atoms with Crippen molar-refractivity contribution in [2.24, 2.45) is 0 Å². The summed E-state index contributed by atoms with van der Waals surface area (Å²) in [5.74, 6) is 0. The number of hydrogen-bond donors (Lipinski definition) is 0. The van der Waals surface area contributed by atoms with Crippen molar-refractivity contribution in [3.05, 3.63) is 270 Å². The van der Waals surface area contributed by atoms with Gasteiger partial charge in [-0.15, -0.1) is 0 Å². The molecule has 0 atom stereocenters. The molecule has 0 heterocycles. The zero-order valence-corrected chi connectivity index (χ0v) is 46.7. The molecule has 0 aromatic heterocycles. The van der Waals surface area contributed by atoms with Crippen LogP contribution in [0.15, 0.2) is 237 Å². The molecule has 0 spiro atoms. The molecule has 0 aliphatic carbocycles. The predicted octanol–water partition coefficient (Wildman–Crippen LogP) is 22.1. The summed E-state index contributed by atoms with van der Waals surface area (Å²) in [7, 11) is 0. The Morgan fingerprint density at radius 1 is 0.218 bits per heavy atom. The minimum absolute atomic E-state index is 1.10. The van der Waals surface area contributed by atoms with Crippen molar-refractivity contribution in [1.29, 1.82) is 0 Å². The molecule has 78 heavy (non-hydrogen) atoms. The van der Waals surface area contributed by atoms with Gasteiger partial charge in [0.2, 0.25) is 0 Å². The maximum Gasteiger partial charge on any atom is 0.0462 e. The predicted molar refractivity (Wildman–Crippen MR) is 337 cm³/mol. The Kier molecular flexibility index (Phi) is 17.1. The van der Waals surface area contributed by atoms with Crippen molar-refractivity contribution in [1.82, 2.24) is 0 Å². The standard InChI is InChI=1S/C75H75N3/c1-7-10-13-58-22-40-70(41-23-58)76(67-34-16-55(4)17-35-67)73-46-28-61(29-47-73)64-52-65(62-30-48-74(49-31-62)77(68-36-18-56(5)19-37-68)71-42-24-59(25-43-71)14-11-8-2)54-66(53-64)63-32-50-75(51-33-63)78(69-38-20-57(6)21-39-69)72-44-26-60(27-45-72)15-12-9-3/h16-54H,7-15H2,1-6H3. The third-order valence-electron chi connectivity index (χ3n) is 15.2. The number of benzene rings is 10. The number of aryl methyl sites for hydroxylation is 6. The van der Waals surface area contributed by atoms with Crippen LogP contribution in [0.4, 0.5) is 51.2 Å². The molecule has 3 heteroatoms. The molecule has 0 aliphatic rings. The SMILES string of the molecule is CCCCc1ccc(N(c2ccc(C)cc2)c2ccc(-c3cc(-c4ccc(N(c5ccc(C)cc5)c5ccc(CCCC)cc5)cc4)cc(-c4ccc(N(c5ccc(C)cc5)c5ccc(CCCC)cc5)cc4)c3)cc2)cc1. The van der Waals surface area contributed by atoms with Gasteiger partial charge in [-0.3, -0.25) is 0 Å². The second-order valence-corrected chi connectivity index (χ2v) is 21.3. The minimum Gasteiger partial charge on any atom is -0.311 e. The van der Waals surface area contributed by atoms with Crippen LogP contribution in [0, 0.1) is 20.8 Å². The molecular formula is C75H75N3. The van der Waals surface area contributed by atoms with Crippen LogP contribution in [0.1, 0.15) is 92.7 Å². The van der Waals surface area contributed by atoms with Crippen molar-refractivity contribution >= 4 is 51.2 Å². The highest BCUT2D eigenvalue weighted by atomic mass is 15.2. The second kappa shape index (κ2) is 25.2. The van der Waals surface area contributed by atoms with Crippen LogP contribution in [0.5, 0.6) is 0 Å². The minimum atomic E-state index is 1.10. The van der Waals surface area contributed by atoms with Crippen molar-refractivity contribution in [3.8, 4) is 33.4 Å². The van der Waals surface area contributed by atoms with Gasteiger partial charge in [-0.2, -0.15) is 0 Å². The lowest BCUT2D eigenvalue weighted by Crippen LogP contribution is -2.10. The van der Waals surface area contributed by atoms with E-state index >= 15 is 0 Å². The van der Waals surface area contributed by atoms with Gasteiger partial charge < -0.3 is 14.7 Å². The average Bonchev–Trinajstić information content (AvgIpc) is 3.51. The summed E-state index contributed by atoms with van der Waals surface area (Å²) in [5.41, 5.74) is 25.1. The molecule has 0 N–H and O–H groups in total. The summed E-state index contributed by atoms with van der Waals surface area (Å²) in [5, 5.41) is 0. The molecule has 0 unspecified atom stereocenters. The molecule has 10 rings (SSSR count). The maximum absolute atomic E-state index is 2.37. The van der Waals surface area contributed by atoms with Crippen LogP contribution in [-0.2, 0) is 19.3 Å². The van der Waals surface area contributed by atoms with Crippen molar-refractivity contribution in [2.75, 3.05) is 14.7 Å². The topological polar surface area (TPSA) is 9.72 Å². The first-order chi connectivity index (χ1) is 38.2. The quantitative estimate of drug-likeness (QED) is 0.0710. The van der Waals surface area contributed by atoms with Gasteiger partial charge in [0.25, 0.3) is 0 Å². The van der Waals surface area contributed by atoms with Gasteiger partial charge in [0.1, 0.15) is 0 Å². The second-order valence-electron chi connectivity index (χ2n) is 21.3. The van der Waals surface area contributed by atoms with Gasteiger partial charge in [-0.05, 0) is 237 Å². The van der Waals surface area contributed by atoms with Crippen LogP contribution in [0.25, 0.3) is 33.4 Å². The molecule has 0 radical (unpaired) electrons. The number of nitrogens with zero attached hydrogens (tertiary/aromatic N) is 3. The maximum atomic E-state index is 2.37. The lowest BCUT2D eigenvalue weighted by atomic mass is 9.93. The van der Waals surface area contributed by atoms with E-state index in [1.807, 2.05) is 0 Å². The molecule has 390 valence electrons. The van der Waals surface area contributed by atoms with E-state index in [0.29, 0.717) is 0 Å². The summed E-state index contributed by atoms with van der Waals surface area (Å²) >= 11 is 0. The van der Waals surface area contributed by atoms with Gasteiger partial charge in [-0.1, -0.05) is 166 Å². The Morgan fingerprint density at radius 2 is 0.397 bits per heavy atom. The van der Waals surface area contributed by atoms with E-state index in [1.54, 1.807) is 0 Å². The summed E-state index contributed by atoms with van der Waals surface area (Å²) in [6.07, 6.45) is 10.5. The zero-order chi connectivity index (χ0) is 53.8. The van der Waals surface area contributed by atoms with Crippen LogP contribution < -0.4 is 14.7 Å². The Bertz CT molecular complexity index is 3080. The molecule has 0 aliphatic heterocycles. The number of anilines is 9. The monoisotopic (exact) mass is 1020 g/mol. The summed E-state index contributed by atoms with van der Waals surface area (Å²) in [6, 6.07) is 88.6. The smallest absolute Gasteiger partial charge is 0.0462 e. The number of rotatable bonds is 21. The first-order valence-electron chi connectivity index (χ1n) is 28.6. The van der Waals surface area contributed by atoms with Crippen molar-refractivity contribution < 1.29 is 0 Å². The van der Waals surface area contributed by atoms with E-state index in [0.717, 1.165) is 87.1 Å². The van der Waals surface area contributed by atoms with E-state index in [-0.39, 0.29) is 0 Å². The Hall–Kier alpha value is -8.40. The van der Waals surface area contributed by atoms with Crippen LogP contribution in [-0.4, -0.2) is 0 Å². The Morgan fingerprint density at radius 3 is 0.590 bits per heavy atom. The summed E-state index contributed by atoms with van der Waals surface area (Å²) in [4.78, 5) is 7.12. The highest BCUT2D eigenvalue weighted by Gasteiger charge is 2.18. The lowest BCUT2D eigenvalue weighted by Gasteiger charge is -2.26. The van der Waals surface area contributed by atoms with Crippen LogP contribution in [0.2, 0.25) is 0 Å². The molecule has 10 aromatic carbocycles. The molecule has 0 saturated heterocycles. The molecule has 0 saturated carbocycles. The number of hydrogen-bond acceptors (Lipinski definition) is 3. The number of unbranched alkanes of at least 4 members (excludes halogenated alkanes) is 3.